The van der Waals surface area contributed by atoms with E-state index in [1.165, 1.54) is 6.07 Å². The lowest BCUT2D eigenvalue weighted by atomic mass is 9.96. The zero-order valence-electron chi connectivity index (χ0n) is 30.0. The summed E-state index contributed by atoms with van der Waals surface area (Å²) < 4.78 is 38.1. The number of nitrogens with one attached hydrogen (secondary N) is 1. The normalized spacial score (nSPS) is 18.1. The molecule has 2 aliphatic heterocycles. The number of aromatic nitrogens is 3. The van der Waals surface area contributed by atoms with Gasteiger partial charge in [0.05, 0.1) is 16.8 Å². The number of nitrogens with zero attached hydrogens (tertiary/aromatic N) is 5. The number of β-amino-alcohol motifs (C(OH)–C–C–N with tert-alkyl or cyclic N) is 1. The molecule has 3 aromatic carbocycles. The fourth-order valence-corrected chi connectivity index (χ4v) is 8.02. The molecule has 3 aromatic heterocycles. The van der Waals surface area contributed by atoms with Crippen molar-refractivity contribution in [3.8, 4) is 28.3 Å². The average molecular weight is 769 g/mol. The van der Waals surface area contributed by atoms with Crippen LogP contribution in [0.15, 0.2) is 77.5 Å². The number of fused-ring (bicyclic) bond motifs is 2. The van der Waals surface area contributed by atoms with Crippen LogP contribution in [0.2, 0.25) is 5.02 Å². The quantitative estimate of drug-likeness (QED) is 0.117. The standard InChI is InChI=1S/C41H39ClF2N6O5/c1-23-28(30-8-5-9-31(36(30)42)47-38-37-25(11-13-45-38)16-24(19-46-37)20-49-15-12-27(51)22-49)6-4-7-29(23)39-48-32-17-26(34(55-41(43)44)18-35(32)54-39)21-50-14-3-2-10-33(50)40(52)53/h4-9,11,13,16-19,27,33,41,51H,2-3,10,12,14-15,20-22H2,1H3,(H,45,47)(H,52,53). The van der Waals surface area contributed by atoms with E-state index in [9.17, 15) is 23.8 Å². The molecule has 2 fully saturated rings. The van der Waals surface area contributed by atoms with Gasteiger partial charge in [-0.1, -0.05) is 42.3 Å². The number of pyridine rings is 2. The third kappa shape index (κ3) is 7.70. The van der Waals surface area contributed by atoms with Crippen LogP contribution in [0.4, 0.5) is 20.3 Å². The number of rotatable bonds is 11. The molecule has 2 atom stereocenters. The number of hydrogen-bond donors (Lipinski definition) is 3. The number of benzene rings is 3. The van der Waals surface area contributed by atoms with Crippen molar-refractivity contribution in [2.24, 2.45) is 0 Å². The Hall–Kier alpha value is -5.21. The zero-order valence-corrected chi connectivity index (χ0v) is 30.8. The molecule has 6 aromatic rings. The van der Waals surface area contributed by atoms with E-state index < -0.39 is 18.6 Å². The Morgan fingerprint density at radius 1 is 1.04 bits per heavy atom. The summed E-state index contributed by atoms with van der Waals surface area (Å²) in [6.45, 7) is 1.72. The van der Waals surface area contributed by atoms with Gasteiger partial charge in [0.15, 0.2) is 11.4 Å². The first-order valence-electron chi connectivity index (χ1n) is 18.3. The van der Waals surface area contributed by atoms with Gasteiger partial charge in [-0.15, -0.1) is 0 Å². The van der Waals surface area contributed by atoms with Gasteiger partial charge in [0.25, 0.3) is 0 Å². The van der Waals surface area contributed by atoms with Crippen molar-refractivity contribution in [1.82, 2.24) is 24.8 Å². The Morgan fingerprint density at radius 3 is 2.65 bits per heavy atom. The van der Waals surface area contributed by atoms with Gasteiger partial charge in [0.1, 0.15) is 22.8 Å². The molecule has 2 aliphatic rings. The first-order valence-corrected chi connectivity index (χ1v) is 18.6. The van der Waals surface area contributed by atoms with E-state index in [1.54, 1.807) is 17.2 Å². The lowest BCUT2D eigenvalue weighted by Gasteiger charge is -2.33. The van der Waals surface area contributed by atoms with E-state index in [-0.39, 0.29) is 29.9 Å². The highest BCUT2D eigenvalue weighted by molar-refractivity contribution is 6.36. The second-order valence-electron chi connectivity index (χ2n) is 14.2. The summed E-state index contributed by atoms with van der Waals surface area (Å²) in [6, 6.07) is 17.7. The van der Waals surface area contributed by atoms with Gasteiger partial charge in [-0.2, -0.15) is 8.78 Å². The number of ether oxygens (including phenoxy) is 1. The number of carboxylic acids is 1. The molecule has 0 bridgehead atoms. The first kappa shape index (κ1) is 36.8. The maximum atomic E-state index is 13.5. The van der Waals surface area contributed by atoms with E-state index in [4.69, 9.17) is 30.7 Å². The highest BCUT2D eigenvalue weighted by Gasteiger charge is 2.30. The van der Waals surface area contributed by atoms with Crippen molar-refractivity contribution in [3.63, 3.8) is 0 Å². The Balaban J connectivity index is 1.08. The monoisotopic (exact) mass is 768 g/mol. The Labute approximate surface area is 320 Å². The number of carboxylic acid groups (broad SMARTS) is 1. The van der Waals surface area contributed by atoms with Crippen molar-refractivity contribution in [2.45, 2.75) is 64.5 Å². The van der Waals surface area contributed by atoms with Crippen LogP contribution in [0.1, 0.15) is 42.4 Å². The van der Waals surface area contributed by atoms with Crippen LogP contribution in [0.3, 0.4) is 0 Å². The second kappa shape index (κ2) is 15.5. The summed E-state index contributed by atoms with van der Waals surface area (Å²) in [7, 11) is 0. The van der Waals surface area contributed by atoms with Crippen LogP contribution in [0.25, 0.3) is 44.6 Å². The summed E-state index contributed by atoms with van der Waals surface area (Å²) in [4.78, 5) is 30.0. The number of piperidine rings is 1. The summed E-state index contributed by atoms with van der Waals surface area (Å²) >= 11 is 7.11. The number of aliphatic hydroxyl groups excluding tert-OH is 1. The fourth-order valence-electron chi connectivity index (χ4n) is 7.74. The molecule has 0 radical (unpaired) electrons. The number of likely N-dealkylation sites (tertiary alicyclic amines) is 2. The van der Waals surface area contributed by atoms with E-state index in [1.807, 2.05) is 55.6 Å². The molecular formula is C41H39ClF2N6O5. The zero-order chi connectivity index (χ0) is 38.2. The number of aliphatic hydroxyl groups is 1. The summed E-state index contributed by atoms with van der Waals surface area (Å²) in [6.07, 6.45) is 6.16. The van der Waals surface area contributed by atoms with Gasteiger partial charge in [0, 0.05) is 66.7 Å². The van der Waals surface area contributed by atoms with Crippen molar-refractivity contribution in [2.75, 3.05) is 25.0 Å². The third-order valence-electron chi connectivity index (χ3n) is 10.5. The molecule has 2 saturated heterocycles. The number of alkyl halides is 2. The van der Waals surface area contributed by atoms with E-state index >= 15 is 0 Å². The third-order valence-corrected chi connectivity index (χ3v) is 10.9. The summed E-state index contributed by atoms with van der Waals surface area (Å²) in [5.74, 6) is -0.178. The number of aliphatic carboxylic acids is 1. The topological polar surface area (TPSA) is 137 Å². The van der Waals surface area contributed by atoms with Crippen molar-refractivity contribution in [1.29, 1.82) is 0 Å². The highest BCUT2D eigenvalue weighted by Crippen LogP contribution is 2.41. The molecule has 3 N–H and O–H groups in total. The minimum Gasteiger partial charge on any atom is -0.480 e. The minimum atomic E-state index is -3.08. The van der Waals surface area contributed by atoms with E-state index in [2.05, 4.69) is 21.3 Å². The van der Waals surface area contributed by atoms with Crippen LogP contribution >= 0.6 is 11.6 Å². The first-order chi connectivity index (χ1) is 26.6. The largest absolute Gasteiger partial charge is 0.480 e. The molecular weight excluding hydrogens is 730 g/mol. The fraction of sp³-hybridized carbons (Fsp3) is 0.317. The molecule has 5 heterocycles. The molecule has 11 nitrogen and oxygen atoms in total. The van der Waals surface area contributed by atoms with Crippen molar-refractivity contribution >= 4 is 51.1 Å². The van der Waals surface area contributed by atoms with Crippen LogP contribution in [-0.4, -0.2) is 79.3 Å². The van der Waals surface area contributed by atoms with Crippen molar-refractivity contribution in [3.05, 3.63) is 94.8 Å². The predicted octanol–water partition coefficient (Wildman–Crippen LogP) is 8.42. The van der Waals surface area contributed by atoms with Crippen LogP contribution in [-0.2, 0) is 17.9 Å². The van der Waals surface area contributed by atoms with Gasteiger partial charge < -0.3 is 24.7 Å². The minimum absolute atomic E-state index is 0.0828. The Morgan fingerprint density at radius 2 is 1.85 bits per heavy atom. The predicted molar refractivity (Wildman–Crippen MR) is 206 cm³/mol. The Bertz CT molecular complexity index is 2390. The molecule has 0 amide bonds. The molecule has 2 unspecified atom stereocenters. The molecule has 0 aliphatic carbocycles. The summed E-state index contributed by atoms with van der Waals surface area (Å²) in [5, 5.41) is 24.5. The molecule has 55 heavy (non-hydrogen) atoms. The van der Waals surface area contributed by atoms with Gasteiger partial charge in [-0.05, 0) is 79.8 Å². The smallest absolute Gasteiger partial charge is 0.387 e. The van der Waals surface area contributed by atoms with E-state index in [0.717, 1.165) is 53.4 Å². The molecule has 284 valence electrons. The number of anilines is 2. The summed E-state index contributed by atoms with van der Waals surface area (Å²) in [5.41, 5.74) is 6.60. The highest BCUT2D eigenvalue weighted by atomic mass is 35.5. The van der Waals surface area contributed by atoms with Gasteiger partial charge >= 0.3 is 12.6 Å². The molecule has 0 spiro atoms. The number of carbonyl (C=O) groups is 1. The second-order valence-corrected chi connectivity index (χ2v) is 14.5. The molecule has 8 rings (SSSR count). The Kier molecular flexibility index (Phi) is 10.4. The van der Waals surface area contributed by atoms with Gasteiger partial charge in [-0.25, -0.2) is 9.97 Å². The number of hydrogen-bond acceptors (Lipinski definition) is 10. The number of oxazole rings is 1. The van der Waals surface area contributed by atoms with E-state index in [0.29, 0.717) is 64.7 Å². The van der Waals surface area contributed by atoms with Crippen LogP contribution < -0.4 is 10.1 Å². The lowest BCUT2D eigenvalue weighted by molar-refractivity contribution is -0.144. The SMILES string of the molecule is Cc1c(-c2nc3cc(CN4CCCCC4C(=O)O)c(OC(F)F)cc3o2)cccc1-c1cccc(Nc2nccc3cc(CN4CCC(O)C4)cnc23)c1Cl. The maximum Gasteiger partial charge on any atom is 0.387 e. The number of halogens is 3. The van der Waals surface area contributed by atoms with Crippen molar-refractivity contribution < 1.29 is 32.9 Å². The molecule has 14 heteroatoms. The van der Waals surface area contributed by atoms with Crippen LogP contribution in [0, 0.1) is 6.92 Å². The van der Waals surface area contributed by atoms with Gasteiger partial charge in [0.2, 0.25) is 5.89 Å². The maximum absolute atomic E-state index is 13.5. The van der Waals surface area contributed by atoms with Crippen LogP contribution in [0.5, 0.6) is 5.75 Å². The van der Waals surface area contributed by atoms with Gasteiger partial charge in [-0.3, -0.25) is 19.6 Å². The lowest BCUT2D eigenvalue weighted by Crippen LogP contribution is -2.44. The molecule has 0 saturated carbocycles. The average Bonchev–Trinajstić information content (AvgIpc) is 3.77.